The fraction of sp³-hybridized carbons (Fsp3) is 0.538. The minimum Gasteiger partial charge on any atom is -0.354 e. The summed E-state index contributed by atoms with van der Waals surface area (Å²) in [7, 11) is 0. The zero-order chi connectivity index (χ0) is 13.2. The number of carbonyl (C=O) groups excluding carboxylic acids is 2. The van der Waals surface area contributed by atoms with Gasteiger partial charge in [-0.3, -0.25) is 9.59 Å². The molecule has 2 amide bonds. The summed E-state index contributed by atoms with van der Waals surface area (Å²) >= 11 is 3.56. The van der Waals surface area contributed by atoms with Crippen molar-refractivity contribution in [2.24, 2.45) is 0 Å². The lowest BCUT2D eigenvalue weighted by molar-refractivity contribution is -0.120. The number of hydrogen-bond acceptors (Lipinski definition) is 4. The number of hydrogen-bond donors (Lipinski definition) is 1. The first-order chi connectivity index (χ1) is 9.24. The molecular weight excluding hydrogens is 280 g/mol. The van der Waals surface area contributed by atoms with Crippen LogP contribution in [0.15, 0.2) is 6.07 Å². The zero-order valence-electron chi connectivity index (χ0n) is 10.6. The van der Waals surface area contributed by atoms with Gasteiger partial charge in [-0.05, 0) is 23.8 Å². The molecule has 2 aliphatic rings. The molecule has 0 bridgehead atoms. The van der Waals surface area contributed by atoms with Gasteiger partial charge in [0, 0.05) is 36.7 Å². The molecule has 6 heteroatoms. The molecule has 0 saturated carbocycles. The maximum atomic E-state index is 12.5. The molecule has 1 N–H and O–H groups in total. The fourth-order valence-corrected chi connectivity index (χ4v) is 4.72. The van der Waals surface area contributed by atoms with Gasteiger partial charge in [0.1, 0.15) is 0 Å². The first-order valence-electron chi connectivity index (χ1n) is 6.49. The van der Waals surface area contributed by atoms with Crippen LogP contribution in [-0.2, 0) is 17.0 Å². The van der Waals surface area contributed by atoms with Crippen LogP contribution in [0.25, 0.3) is 0 Å². The van der Waals surface area contributed by atoms with Crippen molar-refractivity contribution < 1.29 is 9.59 Å². The van der Waals surface area contributed by atoms with E-state index in [0.717, 1.165) is 22.8 Å². The van der Waals surface area contributed by atoms with Gasteiger partial charge in [0.15, 0.2) is 0 Å². The summed E-state index contributed by atoms with van der Waals surface area (Å²) < 4.78 is 0. The van der Waals surface area contributed by atoms with Gasteiger partial charge in [0.25, 0.3) is 5.91 Å². The number of rotatable bonds is 1. The largest absolute Gasteiger partial charge is 0.354 e. The van der Waals surface area contributed by atoms with Gasteiger partial charge in [0.05, 0.1) is 4.88 Å². The van der Waals surface area contributed by atoms with Crippen LogP contribution in [0.3, 0.4) is 0 Å². The summed E-state index contributed by atoms with van der Waals surface area (Å²) in [6, 6.07) is 2.05. The first kappa shape index (κ1) is 13.0. The quantitative estimate of drug-likeness (QED) is 0.854. The van der Waals surface area contributed by atoms with Gasteiger partial charge in [-0.25, -0.2) is 0 Å². The van der Waals surface area contributed by atoms with E-state index < -0.39 is 0 Å². The van der Waals surface area contributed by atoms with Crippen molar-refractivity contribution in [2.75, 3.05) is 25.4 Å². The van der Waals surface area contributed by atoms with Crippen LogP contribution in [0.1, 0.15) is 26.5 Å². The van der Waals surface area contributed by atoms with Crippen LogP contribution in [-0.4, -0.2) is 42.1 Å². The van der Waals surface area contributed by atoms with Gasteiger partial charge in [-0.2, -0.15) is 11.8 Å². The topological polar surface area (TPSA) is 49.4 Å². The molecule has 0 unspecified atom stereocenters. The molecule has 1 aromatic rings. The molecule has 3 heterocycles. The number of thiophene rings is 1. The SMILES string of the molecule is O=C1CCN(C(=O)c2cc3c(s2)CCSC3)CCN1. The fourth-order valence-electron chi connectivity index (χ4n) is 2.38. The van der Waals surface area contributed by atoms with Gasteiger partial charge >= 0.3 is 0 Å². The average Bonchev–Trinajstić information content (AvgIpc) is 2.74. The highest BCUT2D eigenvalue weighted by Gasteiger charge is 2.23. The zero-order valence-corrected chi connectivity index (χ0v) is 12.2. The van der Waals surface area contributed by atoms with E-state index in [9.17, 15) is 9.59 Å². The Morgan fingerprint density at radius 2 is 2.21 bits per heavy atom. The second kappa shape index (κ2) is 5.54. The molecule has 2 aliphatic heterocycles. The number of carbonyl (C=O) groups is 2. The molecule has 4 nitrogen and oxygen atoms in total. The van der Waals surface area contributed by atoms with E-state index in [1.54, 1.807) is 16.2 Å². The third-order valence-electron chi connectivity index (χ3n) is 3.44. The highest BCUT2D eigenvalue weighted by atomic mass is 32.2. The number of amides is 2. The molecule has 3 rings (SSSR count). The van der Waals surface area contributed by atoms with Crippen LogP contribution in [0.5, 0.6) is 0 Å². The molecule has 0 atom stereocenters. The Kier molecular flexibility index (Phi) is 3.79. The third-order valence-corrected chi connectivity index (χ3v) is 5.67. The van der Waals surface area contributed by atoms with Crippen molar-refractivity contribution >= 4 is 34.9 Å². The normalized spacial score (nSPS) is 19.6. The summed E-state index contributed by atoms with van der Waals surface area (Å²) in [5.74, 6) is 2.31. The predicted octanol–water partition coefficient (Wildman–Crippen LogP) is 1.50. The second-order valence-corrected chi connectivity index (χ2v) is 7.00. The van der Waals surface area contributed by atoms with Crippen molar-refractivity contribution in [3.63, 3.8) is 0 Å². The van der Waals surface area contributed by atoms with E-state index in [1.165, 1.54) is 10.4 Å². The molecule has 1 saturated heterocycles. The van der Waals surface area contributed by atoms with Crippen molar-refractivity contribution in [1.82, 2.24) is 10.2 Å². The van der Waals surface area contributed by atoms with Gasteiger partial charge < -0.3 is 10.2 Å². The Bertz CT molecular complexity index is 489. The molecule has 0 radical (unpaired) electrons. The van der Waals surface area contributed by atoms with Crippen LogP contribution < -0.4 is 5.32 Å². The standard InChI is InChI=1S/C13H16N2O2S2/c16-12-1-4-15(5-3-14-12)13(17)11-7-9-8-18-6-2-10(9)19-11/h7H,1-6,8H2,(H,14,16). The maximum Gasteiger partial charge on any atom is 0.264 e. The van der Waals surface area contributed by atoms with Crippen LogP contribution in [0, 0.1) is 0 Å². The number of thioether (sulfide) groups is 1. The number of nitrogens with one attached hydrogen (secondary N) is 1. The first-order valence-corrected chi connectivity index (χ1v) is 8.46. The van der Waals surface area contributed by atoms with Crippen molar-refractivity contribution in [3.05, 3.63) is 21.4 Å². The van der Waals surface area contributed by atoms with Gasteiger partial charge in [0.2, 0.25) is 5.91 Å². The highest BCUT2D eigenvalue weighted by Crippen LogP contribution is 2.32. The van der Waals surface area contributed by atoms with E-state index in [2.05, 4.69) is 11.4 Å². The summed E-state index contributed by atoms with van der Waals surface area (Å²) in [6.45, 7) is 1.70. The van der Waals surface area contributed by atoms with Crippen LogP contribution in [0.2, 0.25) is 0 Å². The monoisotopic (exact) mass is 296 g/mol. The minimum absolute atomic E-state index is 0.0391. The van der Waals surface area contributed by atoms with Crippen molar-refractivity contribution in [3.8, 4) is 0 Å². The Balaban J connectivity index is 1.75. The second-order valence-electron chi connectivity index (χ2n) is 4.75. The van der Waals surface area contributed by atoms with Crippen molar-refractivity contribution in [1.29, 1.82) is 0 Å². The van der Waals surface area contributed by atoms with E-state index in [-0.39, 0.29) is 11.8 Å². The maximum absolute atomic E-state index is 12.5. The predicted molar refractivity (Wildman–Crippen MR) is 77.7 cm³/mol. The van der Waals surface area contributed by atoms with E-state index in [4.69, 9.17) is 0 Å². The average molecular weight is 296 g/mol. The van der Waals surface area contributed by atoms with E-state index in [0.29, 0.717) is 26.1 Å². The molecule has 0 spiro atoms. The lowest BCUT2D eigenvalue weighted by atomic mass is 10.2. The summed E-state index contributed by atoms with van der Waals surface area (Å²) in [4.78, 5) is 27.8. The number of aryl methyl sites for hydroxylation is 1. The molecule has 19 heavy (non-hydrogen) atoms. The molecule has 1 fully saturated rings. The molecule has 1 aromatic heterocycles. The molecule has 0 aromatic carbocycles. The minimum atomic E-state index is 0.0391. The van der Waals surface area contributed by atoms with Crippen LogP contribution >= 0.6 is 23.1 Å². The van der Waals surface area contributed by atoms with Gasteiger partial charge in [-0.1, -0.05) is 0 Å². The lowest BCUT2D eigenvalue weighted by Crippen LogP contribution is -2.33. The van der Waals surface area contributed by atoms with Crippen molar-refractivity contribution in [2.45, 2.75) is 18.6 Å². The van der Waals surface area contributed by atoms with Crippen LogP contribution in [0.4, 0.5) is 0 Å². The smallest absolute Gasteiger partial charge is 0.264 e. The summed E-state index contributed by atoms with van der Waals surface area (Å²) in [5, 5.41) is 2.80. The molecule has 102 valence electrons. The number of fused-ring (bicyclic) bond motifs is 1. The Hall–Kier alpha value is -1.01. The van der Waals surface area contributed by atoms with E-state index in [1.807, 2.05) is 11.8 Å². The van der Waals surface area contributed by atoms with E-state index >= 15 is 0 Å². The summed E-state index contributed by atoms with van der Waals surface area (Å²) in [6.07, 6.45) is 1.49. The highest BCUT2D eigenvalue weighted by molar-refractivity contribution is 7.98. The Morgan fingerprint density at radius 3 is 3.05 bits per heavy atom. The summed E-state index contributed by atoms with van der Waals surface area (Å²) in [5.41, 5.74) is 1.33. The molecular formula is C13H16N2O2S2. The van der Waals surface area contributed by atoms with Gasteiger partial charge in [-0.15, -0.1) is 11.3 Å². The third kappa shape index (κ3) is 2.79. The Morgan fingerprint density at radius 1 is 1.32 bits per heavy atom. The lowest BCUT2D eigenvalue weighted by Gasteiger charge is -2.18. The number of nitrogens with zero attached hydrogens (tertiary/aromatic N) is 1. The Labute approximate surface area is 120 Å². The molecule has 0 aliphatic carbocycles.